The smallest absolute Gasteiger partial charge is 0.164 e. The molecule has 0 aliphatic carbocycles. The molecule has 4 heterocycles. The third-order valence-electron chi connectivity index (χ3n) is 13.3. The van der Waals surface area contributed by atoms with Crippen molar-refractivity contribution >= 4 is 145 Å². The van der Waals surface area contributed by atoms with Crippen LogP contribution in [0.1, 0.15) is 0 Å². The highest BCUT2D eigenvalue weighted by molar-refractivity contribution is 6.62. The number of rotatable bonds is 6. The summed E-state index contributed by atoms with van der Waals surface area (Å²) in [4.78, 5) is 15.4. The Hall–Kier alpha value is -8.22. The zero-order valence-corrected chi connectivity index (χ0v) is 36.9. The summed E-state index contributed by atoms with van der Waals surface area (Å²) < 4.78 is 11.2. The molecule has 0 aliphatic heterocycles. The highest BCUT2D eigenvalue weighted by Gasteiger charge is 2.24. The van der Waals surface area contributed by atoms with E-state index in [1.165, 1.54) is 5.39 Å². The molecule has 0 saturated carbocycles. The molecule has 0 saturated heterocycles. The quantitative estimate of drug-likeness (QED) is 0.164. The molecule has 6 nitrogen and oxygen atoms in total. The zero-order chi connectivity index (χ0) is 46.7. The summed E-state index contributed by atoms with van der Waals surface area (Å²) in [6.45, 7) is 0. The highest BCUT2D eigenvalue weighted by Crippen LogP contribution is 2.41. The third-order valence-corrected chi connectivity index (χ3v) is 13.3. The van der Waals surface area contributed by atoms with Crippen molar-refractivity contribution in [3.63, 3.8) is 0 Å². The lowest BCUT2D eigenvalue weighted by atomic mass is 9.71. The van der Waals surface area contributed by atoms with Crippen molar-refractivity contribution < 1.29 is 4.42 Å². The minimum Gasteiger partial charge on any atom is -0.455 e. The minimum atomic E-state index is 0.325. The summed E-state index contributed by atoms with van der Waals surface area (Å²) in [6.07, 6.45) is 0. The first kappa shape index (κ1) is 41.0. The summed E-state index contributed by atoms with van der Waals surface area (Å²) in [5.41, 5.74) is 12.9. The van der Waals surface area contributed by atoms with Crippen LogP contribution < -0.4 is 32.8 Å². The standard InChI is InChI=1S/C57H29B6N5O/c58-41-28-43(60)52-48(50(41)62)49-51(63)42(59)29-44(61)53(49)68(52)35-26-39(30-12-4-1-5-13-30)54-40(27-35)38-23-21-33(25-47(38)69-54)57-65-55(31-14-6-2-7-15-31)64-56(66-57)32-20-22-37-36-18-10-11-19-45(36)67(46(37)24-32)34-16-8-3-9-17-34/h1-29H. The Labute approximate surface area is 404 Å². The molecule has 12 heteroatoms. The molecule has 13 aromatic rings. The van der Waals surface area contributed by atoms with Gasteiger partial charge in [0.15, 0.2) is 17.5 Å². The Balaban J connectivity index is 1.03. The van der Waals surface area contributed by atoms with Crippen LogP contribution in [0.5, 0.6) is 0 Å². The number of para-hydroxylation sites is 2. The second kappa shape index (κ2) is 15.7. The van der Waals surface area contributed by atoms with Crippen LogP contribution in [0.15, 0.2) is 180 Å². The van der Waals surface area contributed by atoms with Crippen molar-refractivity contribution in [2.75, 3.05) is 0 Å². The average Bonchev–Trinajstić information content (AvgIpc) is 4.06. The topological polar surface area (TPSA) is 61.7 Å². The number of hydrogen-bond donors (Lipinski definition) is 0. The van der Waals surface area contributed by atoms with Gasteiger partial charge in [0.25, 0.3) is 0 Å². The molecule has 4 aromatic heterocycles. The van der Waals surface area contributed by atoms with Crippen LogP contribution in [-0.4, -0.2) is 71.2 Å². The average molecular weight is 865 g/mol. The lowest BCUT2D eigenvalue weighted by Crippen LogP contribution is -2.33. The van der Waals surface area contributed by atoms with E-state index in [1.54, 1.807) is 12.1 Å². The Morgan fingerprint density at radius 1 is 0.362 bits per heavy atom. The van der Waals surface area contributed by atoms with Crippen LogP contribution >= 0.6 is 0 Å². The van der Waals surface area contributed by atoms with Gasteiger partial charge in [0.05, 0.1) is 11.0 Å². The van der Waals surface area contributed by atoms with Crippen LogP contribution in [0.4, 0.5) is 0 Å². The molecule has 0 atom stereocenters. The fourth-order valence-electron chi connectivity index (χ4n) is 10.1. The first-order chi connectivity index (χ1) is 33.7. The van der Waals surface area contributed by atoms with Crippen LogP contribution in [0.3, 0.4) is 0 Å². The van der Waals surface area contributed by atoms with Crippen LogP contribution in [0, 0.1) is 0 Å². The predicted octanol–water partition coefficient (Wildman–Crippen LogP) is 7.40. The van der Waals surface area contributed by atoms with Gasteiger partial charge in [-0.05, 0) is 64.9 Å². The van der Waals surface area contributed by atoms with Crippen LogP contribution in [-0.2, 0) is 0 Å². The first-order valence-corrected chi connectivity index (χ1v) is 22.4. The van der Waals surface area contributed by atoms with Crippen molar-refractivity contribution in [1.82, 2.24) is 24.1 Å². The largest absolute Gasteiger partial charge is 0.455 e. The monoisotopic (exact) mass is 865 g/mol. The second-order valence-corrected chi connectivity index (χ2v) is 17.4. The lowest BCUT2D eigenvalue weighted by molar-refractivity contribution is 0.670. The molecule has 0 aliphatic rings. The van der Waals surface area contributed by atoms with E-state index in [0.29, 0.717) is 83.2 Å². The van der Waals surface area contributed by atoms with E-state index in [9.17, 15) is 0 Å². The maximum atomic E-state index is 6.92. The van der Waals surface area contributed by atoms with Gasteiger partial charge in [-0.3, -0.25) is 0 Å². The summed E-state index contributed by atoms with van der Waals surface area (Å²) in [5, 5.41) is 5.18. The molecule has 0 amide bonds. The van der Waals surface area contributed by atoms with Gasteiger partial charge >= 0.3 is 0 Å². The van der Waals surface area contributed by atoms with E-state index < -0.39 is 0 Å². The summed E-state index contributed by atoms with van der Waals surface area (Å²) in [6, 6.07) is 58.9. The van der Waals surface area contributed by atoms with E-state index in [-0.39, 0.29) is 0 Å². The minimum absolute atomic E-state index is 0.325. The van der Waals surface area contributed by atoms with Gasteiger partial charge in [0.1, 0.15) is 58.2 Å². The Morgan fingerprint density at radius 3 is 1.52 bits per heavy atom. The Bertz CT molecular complexity index is 4190. The molecule has 306 valence electrons. The molecule has 13 rings (SSSR count). The molecule has 0 N–H and O–H groups in total. The lowest BCUT2D eigenvalue weighted by Gasteiger charge is -2.15. The maximum absolute atomic E-state index is 6.92. The van der Waals surface area contributed by atoms with E-state index in [4.69, 9.17) is 66.4 Å². The number of hydrogen-bond acceptors (Lipinski definition) is 4. The molecule has 0 fully saturated rings. The number of furan rings is 1. The molecule has 0 bridgehead atoms. The van der Waals surface area contributed by atoms with Crippen molar-refractivity contribution in [3.8, 4) is 56.7 Å². The Kier molecular flexibility index (Phi) is 9.32. The molecular weight excluding hydrogens is 836 g/mol. The fourth-order valence-corrected chi connectivity index (χ4v) is 10.1. The molecule has 12 radical (unpaired) electrons. The van der Waals surface area contributed by atoms with Crippen LogP contribution in [0.25, 0.3) is 122 Å². The molecule has 0 unspecified atom stereocenters. The number of fused-ring (bicyclic) bond motifs is 9. The normalized spacial score (nSPS) is 11.8. The van der Waals surface area contributed by atoms with Crippen LogP contribution in [0.2, 0.25) is 0 Å². The third kappa shape index (κ3) is 6.39. The number of aromatic nitrogens is 5. The van der Waals surface area contributed by atoms with Gasteiger partial charge in [0.2, 0.25) is 0 Å². The van der Waals surface area contributed by atoms with Gasteiger partial charge in [-0.1, -0.05) is 149 Å². The van der Waals surface area contributed by atoms with Crippen molar-refractivity contribution in [3.05, 3.63) is 176 Å². The van der Waals surface area contributed by atoms with Gasteiger partial charge in [0, 0.05) is 66.2 Å². The second-order valence-electron chi connectivity index (χ2n) is 17.4. The van der Waals surface area contributed by atoms with E-state index in [2.05, 4.69) is 102 Å². The van der Waals surface area contributed by atoms with Gasteiger partial charge in [-0.25, -0.2) is 15.0 Å². The summed E-state index contributed by atoms with van der Waals surface area (Å²) in [7, 11) is 40.0. The first-order valence-electron chi connectivity index (χ1n) is 22.4. The molecular formula is C57H29B6N5O. The summed E-state index contributed by atoms with van der Waals surface area (Å²) >= 11 is 0. The zero-order valence-electron chi connectivity index (χ0n) is 36.9. The number of nitrogens with zero attached hydrogens (tertiary/aromatic N) is 5. The molecule has 69 heavy (non-hydrogen) atoms. The predicted molar refractivity (Wildman–Crippen MR) is 290 cm³/mol. The van der Waals surface area contributed by atoms with Gasteiger partial charge in [-0.15, -0.1) is 10.9 Å². The highest BCUT2D eigenvalue weighted by atomic mass is 16.3. The van der Waals surface area contributed by atoms with Gasteiger partial charge in [-0.2, -0.15) is 0 Å². The molecule has 9 aromatic carbocycles. The van der Waals surface area contributed by atoms with Crippen molar-refractivity contribution in [1.29, 1.82) is 0 Å². The van der Waals surface area contributed by atoms with Crippen molar-refractivity contribution in [2.24, 2.45) is 0 Å². The van der Waals surface area contributed by atoms with Gasteiger partial charge < -0.3 is 13.6 Å². The fraction of sp³-hybridized carbons (Fsp3) is 0. The maximum Gasteiger partial charge on any atom is 0.164 e. The SMILES string of the molecule is [B]c1cc([B])c2c(c1[B])c1c([B])c([B])cc([B])c1n2-c1cc(-c2ccccc2)c2oc3cc(-c4nc(-c5ccccc5)nc(-c5ccc6c7ccccc7n(-c7ccccc7)c6c5)n4)ccc3c2c1. The Morgan fingerprint density at radius 2 is 0.884 bits per heavy atom. The van der Waals surface area contributed by atoms with E-state index >= 15 is 0 Å². The summed E-state index contributed by atoms with van der Waals surface area (Å²) in [5.74, 6) is 1.59. The number of benzene rings is 9. The van der Waals surface area contributed by atoms with E-state index in [0.717, 1.165) is 66.4 Å². The van der Waals surface area contributed by atoms with Crippen molar-refractivity contribution in [2.45, 2.75) is 0 Å². The van der Waals surface area contributed by atoms with E-state index in [1.807, 2.05) is 71.3 Å². The molecule has 0 spiro atoms.